The van der Waals surface area contributed by atoms with Gasteiger partial charge in [-0.05, 0) is 49.5 Å². The monoisotopic (exact) mass is 374 g/mol. The second kappa shape index (κ2) is 5.14. The summed E-state index contributed by atoms with van der Waals surface area (Å²) < 4.78 is 0.774. The third-order valence-electron chi connectivity index (χ3n) is 4.04. The number of likely N-dealkylation sites (N-methyl/N-ethyl adjacent to an activating group) is 2. The van der Waals surface area contributed by atoms with Gasteiger partial charge in [-0.1, -0.05) is 0 Å². The zero-order chi connectivity index (χ0) is 13.6. The maximum Gasteiger partial charge on any atom is 0.264 e. The number of rotatable bonds is 2. The Bertz CT molecular complexity index is 540. The van der Waals surface area contributed by atoms with E-state index in [-0.39, 0.29) is 11.6 Å². The van der Waals surface area contributed by atoms with E-state index in [1.165, 1.54) is 12.8 Å². The van der Waals surface area contributed by atoms with E-state index >= 15 is 0 Å². The van der Waals surface area contributed by atoms with Gasteiger partial charge in [0.1, 0.15) is 5.82 Å². The minimum absolute atomic E-state index is 0.0223. The van der Waals surface area contributed by atoms with Crippen LogP contribution in [0.3, 0.4) is 0 Å². The average molecular weight is 374 g/mol. The molecule has 1 aliphatic heterocycles. The van der Waals surface area contributed by atoms with Gasteiger partial charge in [-0.2, -0.15) is 0 Å². The fourth-order valence-electron chi connectivity index (χ4n) is 2.58. The minimum Gasteiger partial charge on any atom is -0.308 e. The van der Waals surface area contributed by atoms with E-state index in [1.807, 2.05) is 0 Å². The molecule has 1 atom stereocenters. The third kappa shape index (κ3) is 2.71. The van der Waals surface area contributed by atoms with Gasteiger partial charge in [0.25, 0.3) is 5.56 Å². The van der Waals surface area contributed by atoms with Crippen LogP contribution in [0.25, 0.3) is 0 Å². The normalized spacial score (nSPS) is 25.7. The molecule has 1 N–H and O–H groups in total. The summed E-state index contributed by atoms with van der Waals surface area (Å²) in [7, 11) is 4.22. The van der Waals surface area contributed by atoms with Crippen molar-refractivity contribution in [3.63, 3.8) is 0 Å². The number of piperazine rings is 1. The van der Waals surface area contributed by atoms with Gasteiger partial charge in [-0.25, -0.2) is 4.98 Å². The molecule has 1 aliphatic carbocycles. The third-order valence-corrected chi connectivity index (χ3v) is 5.08. The molecule has 1 saturated heterocycles. The fourth-order valence-corrected chi connectivity index (χ4v) is 3.28. The summed E-state index contributed by atoms with van der Waals surface area (Å²) >= 11 is 2.13. The molecule has 0 radical (unpaired) electrons. The summed E-state index contributed by atoms with van der Waals surface area (Å²) in [5.41, 5.74) is 1.04. The predicted octanol–water partition coefficient (Wildman–Crippen LogP) is 1.17. The highest BCUT2D eigenvalue weighted by atomic mass is 127. The Balaban J connectivity index is 1.97. The smallest absolute Gasteiger partial charge is 0.264 e. The van der Waals surface area contributed by atoms with Crippen LogP contribution < -0.4 is 5.56 Å². The van der Waals surface area contributed by atoms with Crippen LogP contribution in [0.5, 0.6) is 0 Å². The SMILES string of the molecule is CN1CCN(C)C(c2nc(C3CC3)c(I)c(=O)[nH]2)C1. The van der Waals surface area contributed by atoms with Crippen molar-refractivity contribution in [3.05, 3.63) is 25.4 Å². The molecular weight excluding hydrogens is 355 g/mol. The maximum absolute atomic E-state index is 12.1. The van der Waals surface area contributed by atoms with Crippen molar-refractivity contribution in [2.45, 2.75) is 24.8 Å². The van der Waals surface area contributed by atoms with E-state index in [9.17, 15) is 4.79 Å². The average Bonchev–Trinajstić information content (AvgIpc) is 3.20. The van der Waals surface area contributed by atoms with Crippen molar-refractivity contribution < 1.29 is 0 Å². The van der Waals surface area contributed by atoms with E-state index in [0.29, 0.717) is 5.92 Å². The standard InChI is InChI=1S/C13H19IN4O/c1-17-5-6-18(2)9(7-17)12-15-11(8-3-4-8)10(14)13(19)16-12/h8-9H,3-7H2,1-2H3,(H,15,16,19). The number of H-pyrrole nitrogens is 1. The first kappa shape index (κ1) is 13.5. The molecule has 1 unspecified atom stereocenters. The highest BCUT2D eigenvalue weighted by Crippen LogP contribution is 2.40. The van der Waals surface area contributed by atoms with Crippen molar-refractivity contribution in [1.82, 2.24) is 19.8 Å². The Morgan fingerprint density at radius 2 is 2.05 bits per heavy atom. The molecule has 1 aromatic heterocycles. The second-order valence-corrected chi connectivity index (χ2v) is 6.76. The maximum atomic E-state index is 12.1. The Kier molecular flexibility index (Phi) is 3.65. The first-order valence-corrected chi connectivity index (χ1v) is 7.82. The van der Waals surface area contributed by atoms with Crippen molar-refractivity contribution in [2.24, 2.45) is 0 Å². The van der Waals surface area contributed by atoms with E-state index in [0.717, 1.165) is 34.7 Å². The Morgan fingerprint density at radius 3 is 2.74 bits per heavy atom. The van der Waals surface area contributed by atoms with E-state index in [2.05, 4.69) is 51.5 Å². The van der Waals surface area contributed by atoms with Gasteiger partial charge in [-0.15, -0.1) is 0 Å². The van der Waals surface area contributed by atoms with Crippen LogP contribution in [-0.4, -0.2) is 53.5 Å². The number of aromatic amines is 1. The van der Waals surface area contributed by atoms with Gasteiger partial charge >= 0.3 is 0 Å². The molecule has 19 heavy (non-hydrogen) atoms. The molecule has 0 amide bonds. The lowest BCUT2D eigenvalue weighted by Gasteiger charge is -2.37. The van der Waals surface area contributed by atoms with Crippen molar-refractivity contribution in [2.75, 3.05) is 33.7 Å². The molecule has 0 bridgehead atoms. The summed E-state index contributed by atoms with van der Waals surface area (Å²) in [5.74, 6) is 1.35. The van der Waals surface area contributed by atoms with Crippen LogP contribution in [0.1, 0.15) is 36.3 Å². The lowest BCUT2D eigenvalue weighted by molar-refractivity contribution is 0.109. The summed E-state index contributed by atoms with van der Waals surface area (Å²) in [4.78, 5) is 24.4. The first-order chi connectivity index (χ1) is 9.06. The first-order valence-electron chi connectivity index (χ1n) is 6.74. The summed E-state index contributed by atoms with van der Waals surface area (Å²) in [6.45, 7) is 3.00. The topological polar surface area (TPSA) is 52.2 Å². The molecule has 2 fully saturated rings. The highest BCUT2D eigenvalue weighted by molar-refractivity contribution is 14.1. The molecule has 0 spiro atoms. The highest BCUT2D eigenvalue weighted by Gasteiger charge is 2.31. The summed E-state index contributed by atoms with van der Waals surface area (Å²) in [6.07, 6.45) is 2.35. The molecule has 0 aromatic carbocycles. The van der Waals surface area contributed by atoms with Crippen LogP contribution in [0, 0.1) is 3.57 Å². The zero-order valence-corrected chi connectivity index (χ0v) is 13.5. The minimum atomic E-state index is 0.0223. The van der Waals surface area contributed by atoms with E-state index in [1.54, 1.807) is 0 Å². The van der Waals surface area contributed by atoms with Crippen molar-refractivity contribution in [3.8, 4) is 0 Å². The molecule has 1 aromatic rings. The van der Waals surface area contributed by atoms with E-state index in [4.69, 9.17) is 4.98 Å². The Hall–Kier alpha value is -0.470. The number of halogens is 1. The number of nitrogens with one attached hydrogen (secondary N) is 1. The molecule has 3 rings (SSSR count). The number of hydrogen-bond donors (Lipinski definition) is 1. The molecule has 104 valence electrons. The predicted molar refractivity (Wildman–Crippen MR) is 82.4 cm³/mol. The fraction of sp³-hybridized carbons (Fsp3) is 0.692. The number of hydrogen-bond acceptors (Lipinski definition) is 4. The molecule has 5 nitrogen and oxygen atoms in total. The Labute approximate surface area is 126 Å². The molecule has 6 heteroatoms. The van der Waals surface area contributed by atoms with Gasteiger partial charge in [0, 0.05) is 25.6 Å². The summed E-state index contributed by atoms with van der Waals surface area (Å²) in [6, 6.07) is 0.195. The number of aromatic nitrogens is 2. The molecule has 2 heterocycles. The van der Waals surface area contributed by atoms with Crippen molar-refractivity contribution >= 4 is 22.6 Å². The second-order valence-electron chi connectivity index (χ2n) is 5.68. The van der Waals surface area contributed by atoms with Gasteiger partial charge in [0.15, 0.2) is 0 Å². The zero-order valence-electron chi connectivity index (χ0n) is 11.3. The van der Waals surface area contributed by atoms with E-state index < -0.39 is 0 Å². The van der Waals surface area contributed by atoms with Gasteiger partial charge in [0.05, 0.1) is 15.3 Å². The largest absolute Gasteiger partial charge is 0.308 e. The molecule has 1 saturated carbocycles. The van der Waals surface area contributed by atoms with Crippen molar-refractivity contribution in [1.29, 1.82) is 0 Å². The Morgan fingerprint density at radius 1 is 1.32 bits per heavy atom. The summed E-state index contributed by atoms with van der Waals surface area (Å²) in [5, 5.41) is 0. The van der Waals surface area contributed by atoms with Crippen LogP contribution >= 0.6 is 22.6 Å². The lowest BCUT2D eigenvalue weighted by atomic mass is 10.1. The molecular formula is C13H19IN4O. The molecule has 2 aliphatic rings. The van der Waals surface area contributed by atoms with Crippen LogP contribution in [-0.2, 0) is 0 Å². The van der Waals surface area contributed by atoms with Crippen LogP contribution in [0.2, 0.25) is 0 Å². The lowest BCUT2D eigenvalue weighted by Crippen LogP contribution is -2.46. The van der Waals surface area contributed by atoms with Crippen LogP contribution in [0.4, 0.5) is 0 Å². The quantitative estimate of drug-likeness (QED) is 0.790. The van der Waals surface area contributed by atoms with Gasteiger partial charge in [-0.3, -0.25) is 9.69 Å². The van der Waals surface area contributed by atoms with Gasteiger partial charge in [0.2, 0.25) is 0 Å². The van der Waals surface area contributed by atoms with Crippen LogP contribution in [0.15, 0.2) is 4.79 Å². The number of nitrogens with zero attached hydrogens (tertiary/aromatic N) is 3. The van der Waals surface area contributed by atoms with Gasteiger partial charge < -0.3 is 9.88 Å².